The molecule has 3 rings (SSSR count). The van der Waals surface area contributed by atoms with E-state index >= 15 is 0 Å². The number of allylic oxidation sites excluding steroid dienone is 4. The highest BCUT2D eigenvalue weighted by Gasteiger charge is 2.18. The van der Waals surface area contributed by atoms with Crippen molar-refractivity contribution in [2.24, 2.45) is 5.73 Å². The van der Waals surface area contributed by atoms with Crippen molar-refractivity contribution in [1.82, 2.24) is 4.98 Å². The maximum absolute atomic E-state index is 11.6. The second kappa shape index (κ2) is 5.36. The summed E-state index contributed by atoms with van der Waals surface area (Å²) >= 11 is 6.01. The fraction of sp³-hybridized carbons (Fsp3) is 0.176. The Morgan fingerprint density at radius 2 is 2.14 bits per heavy atom. The van der Waals surface area contributed by atoms with Crippen LogP contribution in [0.3, 0.4) is 0 Å². The van der Waals surface area contributed by atoms with Crippen LogP contribution in [0.1, 0.15) is 40.0 Å². The number of nitrogens with zero attached hydrogens (tertiary/aromatic N) is 1. The molecule has 0 radical (unpaired) electrons. The normalized spacial score (nSPS) is 14.4. The van der Waals surface area contributed by atoms with Gasteiger partial charge >= 0.3 is 0 Å². The van der Waals surface area contributed by atoms with Gasteiger partial charge in [-0.1, -0.05) is 17.7 Å². The van der Waals surface area contributed by atoms with E-state index in [2.05, 4.69) is 11.1 Å². The number of primary amides is 1. The number of nitriles is 1. The highest BCUT2D eigenvalue weighted by molar-refractivity contribution is 6.30. The summed E-state index contributed by atoms with van der Waals surface area (Å²) in [5.41, 5.74) is 9.98. The maximum Gasteiger partial charge on any atom is 0.265 e. The highest BCUT2D eigenvalue weighted by Crippen LogP contribution is 2.35. The monoisotopic (exact) mass is 311 g/mol. The predicted molar refractivity (Wildman–Crippen MR) is 87.4 cm³/mol. The number of aromatic nitrogens is 1. The molecule has 1 amide bonds. The van der Waals surface area contributed by atoms with Crippen molar-refractivity contribution >= 4 is 34.0 Å². The first-order valence-corrected chi connectivity index (χ1v) is 7.31. The van der Waals surface area contributed by atoms with Gasteiger partial charge in [0.2, 0.25) is 0 Å². The number of halogens is 1. The number of nitrogens with one attached hydrogen (secondary N) is 1. The predicted octanol–water partition coefficient (Wildman–Crippen LogP) is 3.75. The number of aryl methyl sites for hydroxylation is 1. The van der Waals surface area contributed by atoms with Crippen LogP contribution in [0.5, 0.6) is 0 Å². The standard InChI is InChI=1S/C17H14ClN3O/c1-9-13-6-10(8-19)7-14(11-2-4-12(18)5-3-11)16(13)21-15(9)17(20)22/h2,4,6-7,21H,3,5H2,1H3,(H2,20,22). The quantitative estimate of drug-likeness (QED) is 0.885. The Hall–Kier alpha value is -2.51. The zero-order chi connectivity index (χ0) is 15.9. The molecule has 1 heterocycles. The number of carbonyl (C=O) groups excluding carboxylic acids is 1. The van der Waals surface area contributed by atoms with E-state index in [1.807, 2.05) is 25.1 Å². The lowest BCUT2D eigenvalue weighted by Gasteiger charge is -2.13. The van der Waals surface area contributed by atoms with E-state index in [-0.39, 0.29) is 0 Å². The van der Waals surface area contributed by atoms with E-state index in [0.717, 1.165) is 45.5 Å². The summed E-state index contributed by atoms with van der Waals surface area (Å²) in [6, 6.07) is 5.79. The first-order chi connectivity index (χ1) is 10.5. The summed E-state index contributed by atoms with van der Waals surface area (Å²) in [4.78, 5) is 14.7. The maximum atomic E-state index is 11.6. The molecule has 0 bridgehead atoms. The van der Waals surface area contributed by atoms with Crippen LogP contribution in [0.15, 0.2) is 29.3 Å². The van der Waals surface area contributed by atoms with Crippen molar-refractivity contribution in [2.75, 3.05) is 0 Å². The molecule has 1 aromatic heterocycles. The van der Waals surface area contributed by atoms with Crippen molar-refractivity contribution in [3.63, 3.8) is 0 Å². The van der Waals surface area contributed by atoms with E-state index in [1.165, 1.54) is 0 Å². The number of aromatic amines is 1. The fourth-order valence-corrected chi connectivity index (χ4v) is 2.98. The number of hydrogen-bond acceptors (Lipinski definition) is 2. The molecular formula is C17H14ClN3O. The van der Waals surface area contributed by atoms with E-state index < -0.39 is 5.91 Å². The average Bonchev–Trinajstić information content (AvgIpc) is 2.85. The van der Waals surface area contributed by atoms with Gasteiger partial charge in [0.1, 0.15) is 5.69 Å². The molecule has 1 aliphatic rings. The summed E-state index contributed by atoms with van der Waals surface area (Å²) in [5.74, 6) is -0.501. The van der Waals surface area contributed by atoms with Gasteiger partial charge in [0.05, 0.1) is 17.1 Å². The number of nitrogens with two attached hydrogens (primary N) is 1. The molecule has 3 N–H and O–H groups in total. The highest BCUT2D eigenvalue weighted by atomic mass is 35.5. The summed E-state index contributed by atoms with van der Waals surface area (Å²) < 4.78 is 0. The van der Waals surface area contributed by atoms with Crippen LogP contribution in [-0.4, -0.2) is 10.9 Å². The second-order valence-corrected chi connectivity index (χ2v) is 5.84. The largest absolute Gasteiger partial charge is 0.364 e. The molecule has 0 saturated heterocycles. The fourth-order valence-electron chi connectivity index (χ4n) is 2.83. The van der Waals surface area contributed by atoms with Gasteiger partial charge in [-0.15, -0.1) is 0 Å². The van der Waals surface area contributed by atoms with Crippen LogP contribution >= 0.6 is 11.6 Å². The Labute approximate surface area is 132 Å². The van der Waals surface area contributed by atoms with E-state index in [0.29, 0.717) is 11.3 Å². The van der Waals surface area contributed by atoms with Crippen LogP contribution in [0.25, 0.3) is 16.5 Å². The first kappa shape index (κ1) is 14.4. The number of amides is 1. The molecule has 2 aromatic rings. The number of H-pyrrole nitrogens is 1. The van der Waals surface area contributed by atoms with Gasteiger partial charge in [0.15, 0.2) is 0 Å². The van der Waals surface area contributed by atoms with Gasteiger partial charge in [-0.05, 0) is 49.1 Å². The van der Waals surface area contributed by atoms with Gasteiger partial charge in [-0.3, -0.25) is 4.79 Å². The summed E-state index contributed by atoms with van der Waals surface area (Å²) in [7, 11) is 0. The number of hydrogen-bond donors (Lipinski definition) is 2. The van der Waals surface area contributed by atoms with Crippen LogP contribution < -0.4 is 5.73 Å². The summed E-state index contributed by atoms with van der Waals surface area (Å²) in [5, 5.41) is 10.9. The number of rotatable bonds is 2. The van der Waals surface area contributed by atoms with Crippen LogP contribution in [0.4, 0.5) is 0 Å². The minimum absolute atomic E-state index is 0.385. The summed E-state index contributed by atoms with van der Waals surface area (Å²) in [6.45, 7) is 1.83. The molecule has 1 aromatic carbocycles. The lowest BCUT2D eigenvalue weighted by molar-refractivity contribution is 0.0996. The topological polar surface area (TPSA) is 82.7 Å². The van der Waals surface area contributed by atoms with E-state index in [4.69, 9.17) is 17.3 Å². The van der Waals surface area contributed by atoms with Gasteiger partial charge in [-0.2, -0.15) is 5.26 Å². The molecule has 0 unspecified atom stereocenters. The van der Waals surface area contributed by atoms with Crippen molar-refractivity contribution in [3.05, 3.63) is 51.7 Å². The zero-order valence-electron chi connectivity index (χ0n) is 12.0. The number of benzene rings is 1. The zero-order valence-corrected chi connectivity index (χ0v) is 12.8. The van der Waals surface area contributed by atoms with E-state index in [1.54, 1.807) is 6.07 Å². The van der Waals surface area contributed by atoms with Gasteiger partial charge in [0.25, 0.3) is 5.91 Å². The Morgan fingerprint density at radius 1 is 1.36 bits per heavy atom. The second-order valence-electron chi connectivity index (χ2n) is 5.35. The lowest BCUT2D eigenvalue weighted by Crippen LogP contribution is -2.12. The van der Waals surface area contributed by atoms with Crippen molar-refractivity contribution < 1.29 is 4.79 Å². The smallest absolute Gasteiger partial charge is 0.265 e. The molecule has 0 spiro atoms. The minimum Gasteiger partial charge on any atom is -0.364 e. The van der Waals surface area contributed by atoms with Crippen molar-refractivity contribution in [1.29, 1.82) is 5.26 Å². The number of carbonyl (C=O) groups is 1. The first-order valence-electron chi connectivity index (χ1n) is 6.93. The molecular weight excluding hydrogens is 298 g/mol. The Balaban J connectivity index is 2.32. The summed E-state index contributed by atoms with van der Waals surface area (Å²) in [6.07, 6.45) is 5.40. The lowest BCUT2D eigenvalue weighted by atomic mass is 9.93. The third kappa shape index (κ3) is 2.30. The minimum atomic E-state index is -0.501. The molecule has 0 fully saturated rings. The Kier molecular flexibility index (Phi) is 3.51. The van der Waals surface area contributed by atoms with Gasteiger partial charge < -0.3 is 10.7 Å². The van der Waals surface area contributed by atoms with Crippen LogP contribution in [-0.2, 0) is 0 Å². The molecule has 110 valence electrons. The molecule has 1 aliphatic carbocycles. The van der Waals surface area contributed by atoms with Gasteiger partial charge in [0, 0.05) is 16.0 Å². The SMILES string of the molecule is Cc1c(C(N)=O)[nH]c2c(C3=CC=C(Cl)CC3)cc(C#N)cc12. The van der Waals surface area contributed by atoms with E-state index in [9.17, 15) is 10.1 Å². The van der Waals surface area contributed by atoms with Crippen molar-refractivity contribution in [3.8, 4) is 6.07 Å². The third-order valence-electron chi connectivity index (χ3n) is 3.99. The average molecular weight is 312 g/mol. The molecule has 22 heavy (non-hydrogen) atoms. The van der Waals surface area contributed by atoms with Crippen LogP contribution in [0, 0.1) is 18.3 Å². The van der Waals surface area contributed by atoms with Crippen molar-refractivity contribution in [2.45, 2.75) is 19.8 Å². The molecule has 4 nitrogen and oxygen atoms in total. The Morgan fingerprint density at radius 3 is 2.73 bits per heavy atom. The molecule has 0 atom stereocenters. The Bertz CT molecular complexity index is 897. The van der Waals surface area contributed by atoms with Crippen LogP contribution in [0.2, 0.25) is 0 Å². The molecule has 5 heteroatoms. The number of fused-ring (bicyclic) bond motifs is 1. The third-order valence-corrected chi connectivity index (χ3v) is 4.30. The molecule has 0 aliphatic heterocycles. The van der Waals surface area contributed by atoms with Gasteiger partial charge in [-0.25, -0.2) is 0 Å². The molecule has 0 saturated carbocycles.